The van der Waals surface area contributed by atoms with Crippen LogP contribution >= 0.6 is 0 Å². The molecule has 1 aromatic carbocycles. The quantitative estimate of drug-likeness (QED) is 0.749. The minimum Gasteiger partial charge on any atom is -0.490 e. The number of primary amides is 1. The van der Waals surface area contributed by atoms with Crippen LogP contribution in [-0.4, -0.2) is 41.1 Å². The SMILES string of the molecule is NC(=O)C12CC3CC(C1)C(NC(=O)N1C4CCC1CC(Oc1ccc(F)cc1)C4)C(C3)C2. The van der Waals surface area contributed by atoms with E-state index in [4.69, 9.17) is 10.5 Å². The van der Waals surface area contributed by atoms with Crippen molar-refractivity contribution in [3.8, 4) is 5.75 Å². The number of carbonyl (C=O) groups excluding carboxylic acids is 2. The molecule has 6 fully saturated rings. The van der Waals surface area contributed by atoms with Crippen LogP contribution in [0.3, 0.4) is 0 Å². The van der Waals surface area contributed by atoms with Crippen molar-refractivity contribution in [3.05, 3.63) is 30.1 Å². The average Bonchev–Trinajstić information content (AvgIpc) is 3.02. The third kappa shape index (κ3) is 3.27. The van der Waals surface area contributed by atoms with Gasteiger partial charge in [0.05, 0.1) is 0 Å². The van der Waals surface area contributed by atoms with Gasteiger partial charge >= 0.3 is 6.03 Å². The molecule has 0 radical (unpaired) electrons. The van der Waals surface area contributed by atoms with Crippen LogP contribution in [-0.2, 0) is 4.79 Å². The molecule has 6 bridgehead atoms. The standard InChI is InChI=1S/C25H32FN3O3/c26-17-1-5-20(6-2-17)32-21-9-18-3-4-19(10-21)29(18)24(31)28-22-15-7-14-8-16(22)13-25(11-14,12-15)23(27)30/h1-2,5-6,14-16,18-19,21-22H,3-4,7-13H2,(H2,27,30)(H,28,31). The molecule has 4 unspecified atom stereocenters. The first kappa shape index (κ1) is 20.3. The van der Waals surface area contributed by atoms with Crippen molar-refractivity contribution in [2.24, 2.45) is 28.9 Å². The molecule has 4 atom stereocenters. The van der Waals surface area contributed by atoms with Gasteiger partial charge in [-0.15, -0.1) is 0 Å². The molecule has 4 saturated carbocycles. The van der Waals surface area contributed by atoms with Crippen LogP contribution in [0.25, 0.3) is 0 Å². The lowest BCUT2D eigenvalue weighted by Crippen LogP contribution is -2.64. The van der Waals surface area contributed by atoms with E-state index in [2.05, 4.69) is 10.2 Å². The van der Waals surface area contributed by atoms with E-state index in [1.165, 1.54) is 12.1 Å². The number of fused-ring (bicyclic) bond motifs is 2. The molecule has 6 nitrogen and oxygen atoms in total. The van der Waals surface area contributed by atoms with Crippen molar-refractivity contribution in [2.75, 3.05) is 0 Å². The van der Waals surface area contributed by atoms with Crippen molar-refractivity contribution >= 4 is 11.9 Å². The molecular weight excluding hydrogens is 409 g/mol. The molecule has 7 rings (SSSR count). The highest BCUT2D eigenvalue weighted by Gasteiger charge is 2.58. The Morgan fingerprint density at radius 1 is 1.00 bits per heavy atom. The zero-order valence-electron chi connectivity index (χ0n) is 18.3. The van der Waals surface area contributed by atoms with Crippen molar-refractivity contribution in [1.82, 2.24) is 10.2 Å². The molecule has 7 heteroatoms. The highest BCUT2D eigenvalue weighted by atomic mass is 19.1. The summed E-state index contributed by atoms with van der Waals surface area (Å²) >= 11 is 0. The van der Waals surface area contributed by atoms with Gasteiger partial charge in [0.15, 0.2) is 0 Å². The van der Waals surface area contributed by atoms with Gasteiger partial charge in [0, 0.05) is 36.4 Å². The Labute approximate surface area is 188 Å². The van der Waals surface area contributed by atoms with Crippen LogP contribution in [0.5, 0.6) is 5.75 Å². The van der Waals surface area contributed by atoms with Crippen LogP contribution < -0.4 is 15.8 Å². The fourth-order valence-electron chi connectivity index (χ4n) is 8.04. The molecule has 172 valence electrons. The first-order valence-electron chi connectivity index (χ1n) is 12.2. The second-order valence-corrected chi connectivity index (χ2v) is 11.0. The number of hydrogen-bond donors (Lipinski definition) is 2. The third-order valence-electron chi connectivity index (χ3n) is 9.13. The van der Waals surface area contributed by atoms with E-state index in [-0.39, 0.29) is 47.4 Å². The summed E-state index contributed by atoms with van der Waals surface area (Å²) in [6.07, 6.45) is 8.52. The van der Waals surface area contributed by atoms with Gasteiger partial charge < -0.3 is 20.7 Å². The van der Waals surface area contributed by atoms with E-state index in [0.717, 1.165) is 57.8 Å². The number of hydrogen-bond acceptors (Lipinski definition) is 3. The Hall–Kier alpha value is -2.31. The van der Waals surface area contributed by atoms with Gasteiger partial charge in [0.2, 0.25) is 5.91 Å². The van der Waals surface area contributed by atoms with Crippen LogP contribution in [0.15, 0.2) is 24.3 Å². The maximum absolute atomic E-state index is 13.4. The molecule has 32 heavy (non-hydrogen) atoms. The zero-order chi connectivity index (χ0) is 22.0. The second-order valence-electron chi connectivity index (χ2n) is 11.0. The lowest BCUT2D eigenvalue weighted by Gasteiger charge is -2.59. The molecular formula is C25H32FN3O3. The molecule has 2 heterocycles. The Bertz CT molecular complexity index is 892. The van der Waals surface area contributed by atoms with Crippen LogP contribution in [0, 0.1) is 29.0 Å². The lowest BCUT2D eigenvalue weighted by atomic mass is 9.47. The molecule has 3 amide bonds. The zero-order valence-corrected chi connectivity index (χ0v) is 18.3. The van der Waals surface area contributed by atoms with E-state index in [9.17, 15) is 14.0 Å². The van der Waals surface area contributed by atoms with Crippen molar-refractivity contribution in [2.45, 2.75) is 82.0 Å². The number of nitrogens with two attached hydrogens (primary N) is 1. The summed E-state index contributed by atoms with van der Waals surface area (Å²) in [6, 6.07) is 6.77. The van der Waals surface area contributed by atoms with Gasteiger partial charge in [-0.3, -0.25) is 4.79 Å². The summed E-state index contributed by atoms with van der Waals surface area (Å²) in [4.78, 5) is 27.7. The minimum absolute atomic E-state index is 0.0543. The predicted molar refractivity (Wildman–Crippen MR) is 116 cm³/mol. The molecule has 4 aliphatic carbocycles. The fraction of sp³-hybridized carbons (Fsp3) is 0.680. The van der Waals surface area contributed by atoms with Crippen LogP contribution in [0.4, 0.5) is 9.18 Å². The van der Waals surface area contributed by atoms with Gasteiger partial charge in [-0.25, -0.2) is 9.18 Å². The largest absolute Gasteiger partial charge is 0.490 e. The Morgan fingerprint density at radius 3 is 2.22 bits per heavy atom. The number of urea groups is 1. The molecule has 6 aliphatic rings. The molecule has 2 saturated heterocycles. The van der Waals surface area contributed by atoms with E-state index >= 15 is 0 Å². The average molecular weight is 442 g/mol. The normalized spacial score (nSPS) is 41.5. The van der Waals surface area contributed by atoms with Crippen molar-refractivity contribution in [1.29, 1.82) is 0 Å². The summed E-state index contributed by atoms with van der Waals surface area (Å²) in [6.45, 7) is 0. The van der Waals surface area contributed by atoms with Crippen LogP contribution in [0.1, 0.15) is 57.8 Å². The fourth-order valence-corrected chi connectivity index (χ4v) is 8.04. The number of ether oxygens (including phenoxy) is 1. The number of nitrogens with zero attached hydrogens (tertiary/aromatic N) is 1. The van der Waals surface area contributed by atoms with E-state index in [1.807, 2.05) is 0 Å². The summed E-state index contributed by atoms with van der Waals surface area (Å²) in [7, 11) is 0. The summed E-state index contributed by atoms with van der Waals surface area (Å²) < 4.78 is 19.3. The third-order valence-corrected chi connectivity index (χ3v) is 9.13. The number of carbonyl (C=O) groups is 2. The Kier molecular flexibility index (Phi) is 4.67. The van der Waals surface area contributed by atoms with Gasteiger partial charge in [-0.2, -0.15) is 0 Å². The van der Waals surface area contributed by atoms with Gasteiger partial charge in [-0.1, -0.05) is 0 Å². The first-order valence-corrected chi connectivity index (χ1v) is 12.2. The van der Waals surface area contributed by atoms with Gasteiger partial charge in [-0.05, 0) is 87.0 Å². The smallest absolute Gasteiger partial charge is 0.318 e. The van der Waals surface area contributed by atoms with Gasteiger partial charge in [0.1, 0.15) is 17.7 Å². The molecule has 0 spiro atoms. The number of piperidine rings is 1. The highest BCUT2D eigenvalue weighted by molar-refractivity contribution is 5.81. The number of benzene rings is 1. The predicted octanol–water partition coefficient (Wildman–Crippen LogP) is 3.59. The number of rotatable bonds is 4. The first-order chi connectivity index (χ1) is 15.4. The molecule has 1 aromatic rings. The second kappa shape index (κ2) is 7.35. The monoisotopic (exact) mass is 441 g/mol. The topological polar surface area (TPSA) is 84.7 Å². The number of halogens is 1. The van der Waals surface area contributed by atoms with E-state index in [0.29, 0.717) is 23.5 Å². The van der Waals surface area contributed by atoms with Crippen molar-refractivity contribution < 1.29 is 18.7 Å². The minimum atomic E-state index is -0.327. The van der Waals surface area contributed by atoms with E-state index < -0.39 is 0 Å². The number of amides is 3. The summed E-state index contributed by atoms with van der Waals surface area (Å²) in [5.74, 6) is 1.61. The van der Waals surface area contributed by atoms with E-state index in [1.54, 1.807) is 12.1 Å². The maximum atomic E-state index is 13.4. The number of nitrogens with one attached hydrogen (secondary N) is 1. The van der Waals surface area contributed by atoms with Gasteiger partial charge in [0.25, 0.3) is 0 Å². The lowest BCUT2D eigenvalue weighted by molar-refractivity contribution is -0.145. The van der Waals surface area contributed by atoms with Crippen LogP contribution in [0.2, 0.25) is 0 Å². The Morgan fingerprint density at radius 2 is 1.62 bits per heavy atom. The molecule has 2 aliphatic heterocycles. The Balaban J connectivity index is 1.11. The maximum Gasteiger partial charge on any atom is 0.318 e. The highest BCUT2D eigenvalue weighted by Crippen LogP contribution is 2.60. The molecule has 3 N–H and O–H groups in total. The summed E-state index contributed by atoms with van der Waals surface area (Å²) in [5.41, 5.74) is 5.48. The summed E-state index contributed by atoms with van der Waals surface area (Å²) in [5, 5.41) is 3.41. The van der Waals surface area contributed by atoms with Crippen molar-refractivity contribution in [3.63, 3.8) is 0 Å². The molecule has 0 aromatic heterocycles.